The Morgan fingerprint density at radius 1 is 1.05 bits per heavy atom. The molecule has 225 valence electrons. The minimum absolute atomic E-state index is 0.223. The van der Waals surface area contributed by atoms with Gasteiger partial charge in [-0.25, -0.2) is 4.98 Å². The van der Waals surface area contributed by atoms with Gasteiger partial charge in [0.05, 0.1) is 35.1 Å². The molecule has 3 aliphatic heterocycles. The Bertz CT molecular complexity index is 1420. The third-order valence-corrected chi connectivity index (χ3v) is 10.0. The molecule has 10 nitrogen and oxygen atoms in total. The van der Waals surface area contributed by atoms with Crippen LogP contribution in [0.2, 0.25) is 24.2 Å². The molecule has 4 atom stereocenters. The molecule has 3 aromatic rings. The number of aliphatic hydroxyl groups excluding tert-OH is 1. The summed E-state index contributed by atoms with van der Waals surface area (Å²) in [4.78, 5) is 9.68. The first-order valence-electron chi connectivity index (χ1n) is 14.4. The molecule has 13 heteroatoms. The van der Waals surface area contributed by atoms with Gasteiger partial charge >= 0.3 is 13.1 Å². The molecule has 3 fully saturated rings. The second-order valence-electron chi connectivity index (χ2n) is 12.5. The van der Waals surface area contributed by atoms with E-state index >= 15 is 0 Å². The normalized spacial score (nSPS) is 26.5. The van der Waals surface area contributed by atoms with Crippen LogP contribution in [0.3, 0.4) is 0 Å². The Balaban J connectivity index is 1.29. The van der Waals surface area contributed by atoms with Crippen LogP contribution < -0.4 is 10.2 Å². The van der Waals surface area contributed by atoms with E-state index in [-0.39, 0.29) is 19.4 Å². The zero-order chi connectivity index (χ0) is 29.8. The standard InChI is InChI=1S/C29H38BClN3O7Si/c1-28(2)29(3,4)41-30(40-28)18-9-7-17(8-10-18)23-19(31)13-20-26(33-23)34(16-36-11-12-42(5)6)27(32-20)39-22-15-38-24-21(35)14-37-25(22)24/h7-10,13,21-22,24-25,35H,11-12,14-16H2,1-6H3/t21-,22-,24-,25-/m1/s1. The van der Waals surface area contributed by atoms with Crippen molar-refractivity contribution in [2.24, 2.45) is 0 Å². The Morgan fingerprint density at radius 3 is 2.43 bits per heavy atom. The van der Waals surface area contributed by atoms with E-state index < -0.39 is 45.4 Å². The quantitative estimate of drug-likeness (QED) is 0.285. The monoisotopic (exact) mass is 614 g/mol. The zero-order valence-electron chi connectivity index (χ0n) is 24.9. The van der Waals surface area contributed by atoms with Gasteiger partial charge in [0.1, 0.15) is 30.6 Å². The van der Waals surface area contributed by atoms with Crippen LogP contribution in [0.15, 0.2) is 30.3 Å². The summed E-state index contributed by atoms with van der Waals surface area (Å²) in [6, 6.07) is 11.1. The Labute approximate surface area is 253 Å². The van der Waals surface area contributed by atoms with E-state index in [1.807, 2.05) is 56.5 Å². The number of imidazole rings is 1. The van der Waals surface area contributed by atoms with Gasteiger partial charge in [-0.1, -0.05) is 49.0 Å². The number of hydrogen-bond acceptors (Lipinski definition) is 9. The van der Waals surface area contributed by atoms with Crippen LogP contribution in [0.4, 0.5) is 0 Å². The highest BCUT2D eigenvalue weighted by molar-refractivity contribution is 6.62. The van der Waals surface area contributed by atoms with E-state index in [0.717, 1.165) is 17.1 Å². The van der Waals surface area contributed by atoms with Crippen LogP contribution in [0.5, 0.6) is 6.01 Å². The van der Waals surface area contributed by atoms with E-state index in [4.69, 9.17) is 49.8 Å². The highest BCUT2D eigenvalue weighted by Gasteiger charge is 2.52. The van der Waals surface area contributed by atoms with Crippen molar-refractivity contribution < 1.29 is 33.4 Å². The summed E-state index contributed by atoms with van der Waals surface area (Å²) in [7, 11) is -0.873. The number of ether oxygens (including phenoxy) is 4. The molecular formula is C29H38BClN3O7Si. The van der Waals surface area contributed by atoms with Crippen LogP contribution in [0, 0.1) is 0 Å². The second-order valence-corrected chi connectivity index (χ2v) is 15.8. The number of hydrogen-bond donors (Lipinski definition) is 1. The maximum absolute atomic E-state index is 10.2. The maximum Gasteiger partial charge on any atom is 0.494 e. The summed E-state index contributed by atoms with van der Waals surface area (Å²) >= 11 is 6.76. The molecule has 0 saturated carbocycles. The number of pyridine rings is 1. The molecule has 1 aromatic carbocycles. The van der Waals surface area contributed by atoms with Crippen LogP contribution in [-0.2, 0) is 30.3 Å². The van der Waals surface area contributed by atoms with Gasteiger partial charge in [0, 0.05) is 21.0 Å². The number of fused-ring (bicyclic) bond motifs is 2. The lowest BCUT2D eigenvalue weighted by Gasteiger charge is -2.32. The van der Waals surface area contributed by atoms with Crippen molar-refractivity contribution in [3.05, 3.63) is 35.4 Å². The fraction of sp³-hybridized carbons (Fsp3) is 0.586. The lowest BCUT2D eigenvalue weighted by Crippen LogP contribution is -2.41. The summed E-state index contributed by atoms with van der Waals surface area (Å²) in [5.74, 6) is 0. The van der Waals surface area contributed by atoms with E-state index in [9.17, 15) is 5.11 Å². The average molecular weight is 615 g/mol. The van der Waals surface area contributed by atoms with Crippen molar-refractivity contribution in [1.29, 1.82) is 0 Å². The van der Waals surface area contributed by atoms with Gasteiger partial charge in [0.15, 0.2) is 11.8 Å². The Morgan fingerprint density at radius 2 is 1.74 bits per heavy atom. The van der Waals surface area contributed by atoms with Crippen molar-refractivity contribution in [3.63, 3.8) is 0 Å². The molecule has 0 bridgehead atoms. The van der Waals surface area contributed by atoms with Gasteiger partial charge in [-0.05, 0) is 45.3 Å². The van der Waals surface area contributed by atoms with E-state index in [0.29, 0.717) is 41.1 Å². The lowest BCUT2D eigenvalue weighted by atomic mass is 9.79. The number of nitrogens with zero attached hydrogens (tertiary/aromatic N) is 3. The fourth-order valence-corrected chi connectivity index (χ4v) is 6.11. The molecule has 42 heavy (non-hydrogen) atoms. The average Bonchev–Trinajstić information content (AvgIpc) is 3.64. The molecule has 2 aromatic heterocycles. The summed E-state index contributed by atoms with van der Waals surface area (Å²) in [5.41, 5.74) is 2.75. The number of aliphatic hydroxyl groups is 1. The molecule has 0 spiro atoms. The van der Waals surface area contributed by atoms with Crippen LogP contribution in [-0.4, -0.2) is 91.0 Å². The molecular weight excluding hydrogens is 577 g/mol. The fourth-order valence-electron chi connectivity index (χ4n) is 5.30. The van der Waals surface area contributed by atoms with Gasteiger partial charge in [0.2, 0.25) is 0 Å². The van der Waals surface area contributed by atoms with Crippen LogP contribution in [0.25, 0.3) is 22.4 Å². The number of benzene rings is 1. The highest BCUT2D eigenvalue weighted by atomic mass is 35.5. The predicted molar refractivity (Wildman–Crippen MR) is 162 cm³/mol. The SMILES string of the molecule is C[Si](C)CCOCn1c(O[C@@H]2CO[C@H]3[C@@H]2OC[C@H]3O)nc2cc(Cl)c(-c3ccc(B4OC(C)(C)C(C)(C)O4)cc3)nc21. The topological polar surface area (TPSA) is 106 Å². The highest BCUT2D eigenvalue weighted by Crippen LogP contribution is 2.37. The minimum atomic E-state index is -0.663. The van der Waals surface area contributed by atoms with Gasteiger partial charge < -0.3 is 33.4 Å². The molecule has 0 aliphatic carbocycles. The Hall–Kier alpha value is -2.03. The van der Waals surface area contributed by atoms with E-state index in [1.165, 1.54) is 0 Å². The summed E-state index contributed by atoms with van der Waals surface area (Å²) in [6.45, 7) is 14.0. The number of rotatable bonds is 9. The summed E-state index contributed by atoms with van der Waals surface area (Å²) in [5, 5.41) is 10.6. The number of halogens is 1. The van der Waals surface area contributed by atoms with Crippen molar-refractivity contribution >= 4 is 44.1 Å². The summed E-state index contributed by atoms with van der Waals surface area (Å²) in [6.07, 6.45) is -1.85. The smallest absolute Gasteiger partial charge is 0.456 e. The Kier molecular flexibility index (Phi) is 8.20. The molecule has 1 N–H and O–H groups in total. The third kappa shape index (κ3) is 5.64. The van der Waals surface area contributed by atoms with Crippen LogP contribution >= 0.6 is 11.6 Å². The molecule has 0 amide bonds. The van der Waals surface area contributed by atoms with E-state index in [2.05, 4.69) is 13.1 Å². The number of aromatic nitrogens is 3. The second kappa shape index (κ2) is 11.5. The van der Waals surface area contributed by atoms with Crippen molar-refractivity contribution in [3.8, 4) is 17.3 Å². The maximum atomic E-state index is 10.2. The molecule has 6 rings (SSSR count). The van der Waals surface area contributed by atoms with Gasteiger partial charge in [-0.3, -0.25) is 4.57 Å². The van der Waals surface area contributed by atoms with Crippen molar-refractivity contribution in [2.75, 3.05) is 19.8 Å². The molecule has 5 heterocycles. The predicted octanol–water partition coefficient (Wildman–Crippen LogP) is 3.69. The van der Waals surface area contributed by atoms with Crippen LogP contribution in [0.1, 0.15) is 27.7 Å². The first-order valence-corrected chi connectivity index (χ1v) is 17.5. The molecule has 3 saturated heterocycles. The first kappa shape index (κ1) is 30.0. The van der Waals surface area contributed by atoms with Gasteiger partial charge in [0.25, 0.3) is 0 Å². The van der Waals surface area contributed by atoms with Crippen molar-refractivity contribution in [1.82, 2.24) is 14.5 Å². The minimum Gasteiger partial charge on any atom is -0.456 e. The molecule has 0 unspecified atom stereocenters. The molecule has 3 aliphatic rings. The first-order chi connectivity index (χ1) is 19.9. The van der Waals surface area contributed by atoms with Crippen molar-refractivity contribution in [2.45, 2.75) is 89.2 Å². The van der Waals surface area contributed by atoms with Gasteiger partial charge in [-0.15, -0.1) is 0 Å². The zero-order valence-corrected chi connectivity index (χ0v) is 26.7. The van der Waals surface area contributed by atoms with E-state index in [1.54, 1.807) is 6.07 Å². The summed E-state index contributed by atoms with van der Waals surface area (Å²) < 4.78 is 38.1. The lowest BCUT2D eigenvalue weighted by molar-refractivity contribution is 0.00337. The van der Waals surface area contributed by atoms with Gasteiger partial charge in [-0.2, -0.15) is 4.98 Å². The largest absolute Gasteiger partial charge is 0.494 e. The third-order valence-electron chi connectivity index (χ3n) is 8.55. The molecule has 1 radical (unpaired) electrons.